The van der Waals surface area contributed by atoms with Gasteiger partial charge in [-0.3, -0.25) is 0 Å². The lowest BCUT2D eigenvalue weighted by molar-refractivity contribution is 0.592. The molecule has 6 nitrogen and oxygen atoms in total. The summed E-state index contributed by atoms with van der Waals surface area (Å²) in [7, 11) is -11.1. The highest BCUT2D eigenvalue weighted by atomic mass is 32.2. The van der Waals surface area contributed by atoms with Crippen LogP contribution in [-0.2, 0) is 20.0 Å². The van der Waals surface area contributed by atoms with E-state index in [2.05, 4.69) is 0 Å². The lowest BCUT2D eigenvalue weighted by atomic mass is 9.98. The molecule has 7 aromatic carbocycles. The number of nitrogens with zero attached hydrogens (tertiary/aromatic N) is 2. The predicted molar refractivity (Wildman–Crippen MR) is 202 cm³/mol. The molecule has 0 atom stereocenters. The van der Waals surface area contributed by atoms with Crippen LogP contribution in [0.1, 0.15) is 11.1 Å². The first-order chi connectivity index (χ1) is 23.7. The summed E-state index contributed by atoms with van der Waals surface area (Å²) in [5.41, 5.74) is 2.64. The summed E-state index contributed by atoms with van der Waals surface area (Å²) in [6.45, 7) is 3.80. The summed E-state index contributed by atoms with van der Waals surface area (Å²) in [4.78, 5) is 0.147. The molecule has 0 aliphatic rings. The van der Waals surface area contributed by atoms with E-state index in [4.69, 9.17) is 0 Å². The number of rotatable bonds is 5. The van der Waals surface area contributed by atoms with Crippen molar-refractivity contribution in [3.63, 3.8) is 0 Å². The average molecular weight is 699 g/mol. The van der Waals surface area contributed by atoms with Crippen LogP contribution in [0.4, 0.5) is 0 Å². The highest BCUT2D eigenvalue weighted by molar-refractivity contribution is 7.97. The van der Waals surface area contributed by atoms with Crippen molar-refractivity contribution in [1.29, 1.82) is 0 Å². The Hall–Kier alpha value is -5.14. The van der Waals surface area contributed by atoms with Crippen molar-refractivity contribution in [2.24, 2.45) is 0 Å². The molecule has 9 heteroatoms. The maximum atomic E-state index is 15.3. The molecule has 0 saturated heterocycles. The minimum absolute atomic E-state index is 0.0733. The van der Waals surface area contributed by atoms with E-state index in [1.165, 1.54) is 7.47 Å². The zero-order valence-electron chi connectivity index (χ0n) is 26.7. The monoisotopic (exact) mass is 698 g/mol. The van der Waals surface area contributed by atoms with Gasteiger partial charge in [0.05, 0.1) is 28.7 Å². The fourth-order valence-corrected chi connectivity index (χ4v) is 13.8. The quantitative estimate of drug-likeness (QED) is 0.179. The normalized spacial score (nSPS) is 12.2. The van der Waals surface area contributed by atoms with E-state index in [0.717, 1.165) is 32.7 Å². The molecule has 0 N–H and O–H groups in total. The molecule has 0 unspecified atom stereocenters. The van der Waals surface area contributed by atoms with Gasteiger partial charge < -0.3 is 0 Å². The summed E-state index contributed by atoms with van der Waals surface area (Å²) in [5.74, 6) is 0. The average Bonchev–Trinajstić information content (AvgIpc) is 3.26. The van der Waals surface area contributed by atoms with E-state index in [0.29, 0.717) is 27.1 Å². The minimum atomic E-state index is -4.38. The van der Waals surface area contributed by atoms with E-state index in [1.807, 2.05) is 117 Å². The van der Waals surface area contributed by atoms with Crippen LogP contribution in [0.25, 0.3) is 48.7 Å². The molecule has 0 fully saturated rings. The third-order valence-electron chi connectivity index (χ3n) is 8.90. The van der Waals surface area contributed by atoms with Crippen LogP contribution in [0, 0.1) is 13.8 Å². The molecule has 0 amide bonds. The van der Waals surface area contributed by atoms with Gasteiger partial charge in [-0.15, -0.1) is 0 Å². The van der Waals surface area contributed by atoms with Gasteiger partial charge in [0.2, 0.25) is 0 Å². The van der Waals surface area contributed by atoms with Crippen molar-refractivity contribution in [2.75, 3.05) is 0 Å². The van der Waals surface area contributed by atoms with Crippen LogP contribution in [0.15, 0.2) is 161 Å². The molecule has 0 saturated carbocycles. The molecule has 8 rings (SSSR count). The third-order valence-corrected chi connectivity index (χ3v) is 16.0. The van der Waals surface area contributed by atoms with Gasteiger partial charge in [-0.25, -0.2) is 24.3 Å². The fraction of sp³-hybridized carbons (Fsp3) is 0.0500. The van der Waals surface area contributed by atoms with Crippen LogP contribution in [0.5, 0.6) is 0 Å². The highest BCUT2D eigenvalue weighted by Gasteiger charge is 2.31. The van der Waals surface area contributed by atoms with Crippen molar-refractivity contribution >= 4 is 71.2 Å². The molecule has 0 aliphatic carbocycles. The molecule has 242 valence electrons. The van der Waals surface area contributed by atoms with Crippen LogP contribution >= 0.6 is 7.85 Å². The molecule has 1 aromatic heterocycles. The Morgan fingerprint density at radius 1 is 0.429 bits per heavy atom. The Morgan fingerprint density at radius 3 is 1.24 bits per heavy atom. The number of aryl methyl sites for hydroxylation is 2. The Kier molecular flexibility index (Phi) is 7.49. The van der Waals surface area contributed by atoms with Crippen molar-refractivity contribution < 1.29 is 16.8 Å². The van der Waals surface area contributed by atoms with Crippen LogP contribution in [0.2, 0.25) is 0 Å². The highest BCUT2D eigenvalue weighted by Crippen LogP contribution is 2.49. The largest absolute Gasteiger partial charge is 0.272 e. The van der Waals surface area contributed by atoms with Crippen molar-refractivity contribution in [3.8, 4) is 5.30 Å². The second-order valence-corrected chi connectivity index (χ2v) is 18.1. The van der Waals surface area contributed by atoms with Gasteiger partial charge in [0, 0.05) is 16.1 Å². The summed E-state index contributed by atoms with van der Waals surface area (Å²) >= 11 is 0. The summed E-state index contributed by atoms with van der Waals surface area (Å²) < 4.78 is 64.1. The van der Waals surface area contributed by atoms with Gasteiger partial charge in [0.25, 0.3) is 20.0 Å². The molecule has 0 bridgehead atoms. The van der Waals surface area contributed by atoms with Crippen molar-refractivity contribution in [2.45, 2.75) is 23.6 Å². The number of aromatic nitrogens is 2. The van der Waals surface area contributed by atoms with Gasteiger partial charge in [-0.05, 0) is 83.9 Å². The predicted octanol–water partition coefficient (Wildman–Crippen LogP) is 10.1. The molecule has 1 heterocycles. The maximum absolute atomic E-state index is 15.3. The molecule has 0 radical (unpaired) electrons. The first-order valence-electron chi connectivity index (χ1n) is 15.8. The van der Waals surface area contributed by atoms with Gasteiger partial charge >= 0.3 is 0 Å². The Bertz CT molecular complexity index is 2670. The zero-order chi connectivity index (χ0) is 33.9. The number of benzene rings is 7. The Morgan fingerprint density at radius 2 is 0.816 bits per heavy atom. The molecule has 0 spiro atoms. The van der Waals surface area contributed by atoms with E-state index < -0.39 is 27.9 Å². The molecule has 0 aliphatic heterocycles. The van der Waals surface area contributed by atoms with E-state index in [-0.39, 0.29) is 9.79 Å². The van der Waals surface area contributed by atoms with Gasteiger partial charge in [-0.2, -0.15) is 0 Å². The lowest BCUT2D eigenvalue weighted by Crippen LogP contribution is -2.18. The first kappa shape index (κ1) is 31.1. The van der Waals surface area contributed by atoms with Crippen LogP contribution in [0.3, 0.4) is 0 Å². The Labute approximate surface area is 286 Å². The topological polar surface area (TPSA) is 78.1 Å². The van der Waals surface area contributed by atoms with Gasteiger partial charge in [0.15, 0.2) is 0 Å². The summed E-state index contributed by atoms with van der Waals surface area (Å²) in [6.07, 6.45) is 0. The molecular formula is C40H31N2O4PS2. The standard InChI is InChI=1S/C40H31N2O4PS2/c1-28-16-22-33(23-17-28)48(43,44)41-37-26-20-30-10-6-8-14-35(30)39(37)40-36-15-9-7-11-31(36)21-27-38(40)42(47(41)32-12-4-3-5-13-32)49(45,46)34-24-18-29(2)19-25-34/h3-27H,1-2H3. The second-order valence-electron chi connectivity index (χ2n) is 12.1. The fourth-order valence-electron chi connectivity index (χ4n) is 6.50. The minimum Gasteiger partial charge on any atom is -0.205 e. The lowest BCUT2D eigenvalue weighted by Gasteiger charge is -2.21. The Balaban J connectivity index is 1.77. The van der Waals surface area contributed by atoms with Crippen molar-refractivity contribution in [3.05, 3.63) is 163 Å². The van der Waals surface area contributed by atoms with Gasteiger partial charge in [0.1, 0.15) is 0 Å². The van der Waals surface area contributed by atoms with E-state index in [9.17, 15) is 0 Å². The molecule has 8 aromatic rings. The molecular weight excluding hydrogens is 668 g/mol. The van der Waals surface area contributed by atoms with E-state index >= 15 is 16.8 Å². The summed E-state index contributed by atoms with van der Waals surface area (Å²) in [6, 6.07) is 45.7. The summed E-state index contributed by atoms with van der Waals surface area (Å²) in [5, 5.41) is 5.33. The maximum Gasteiger partial charge on any atom is 0.272 e. The van der Waals surface area contributed by atoms with Crippen LogP contribution < -0.4 is 0 Å². The van der Waals surface area contributed by atoms with Crippen molar-refractivity contribution in [1.82, 2.24) is 7.47 Å². The number of hydrogen-bond donors (Lipinski definition) is 0. The third kappa shape index (κ3) is 5.06. The second kappa shape index (κ2) is 11.8. The zero-order valence-corrected chi connectivity index (χ0v) is 29.3. The number of fused-ring (bicyclic) bond motifs is 7. The van der Waals surface area contributed by atoms with E-state index in [1.54, 1.807) is 48.5 Å². The smallest absolute Gasteiger partial charge is 0.205 e. The van der Waals surface area contributed by atoms with Gasteiger partial charge in [-0.1, -0.05) is 114 Å². The number of hydrogen-bond acceptors (Lipinski definition) is 4. The van der Waals surface area contributed by atoms with Crippen LogP contribution in [-0.4, -0.2) is 24.3 Å². The SMILES string of the molecule is Cc1ccc(S(=O)(=O)n2c3ccc4ccccc4c3c3c4ccccc4ccc3n(S(=O)(=O)c3ccc(C)cc3)p2-c2ccccc2)cc1. The first-order valence-corrected chi connectivity index (χ1v) is 19.9. The molecule has 49 heavy (non-hydrogen) atoms.